The zero-order valence-electron chi connectivity index (χ0n) is 16.8. The number of aromatic nitrogens is 2. The third-order valence-corrected chi connectivity index (χ3v) is 6.46. The van der Waals surface area contributed by atoms with Crippen LogP contribution >= 0.6 is 11.8 Å². The first-order valence-corrected chi connectivity index (χ1v) is 11.3. The molecule has 5 nitrogen and oxygen atoms in total. The minimum Gasteiger partial charge on any atom is -0.355 e. The molecule has 1 saturated carbocycles. The second kappa shape index (κ2) is 8.60. The van der Waals surface area contributed by atoms with Crippen LogP contribution < -0.4 is 10.2 Å². The van der Waals surface area contributed by atoms with Gasteiger partial charge in [0.25, 0.3) is 0 Å². The molecule has 1 saturated heterocycles. The zero-order valence-corrected chi connectivity index (χ0v) is 17.6. The highest BCUT2D eigenvalue weighted by molar-refractivity contribution is 7.99. The summed E-state index contributed by atoms with van der Waals surface area (Å²) in [7, 11) is 0. The van der Waals surface area contributed by atoms with Crippen LogP contribution in [0.15, 0.2) is 35.2 Å². The third kappa shape index (κ3) is 5.10. The van der Waals surface area contributed by atoms with Crippen molar-refractivity contribution < 1.29 is 4.79 Å². The SMILES string of the molecule is CC(C)Sc1ccc(CC(=O)NC2CCN(c3cc(C4CC4)[nH]n3)CC2)cc1. The van der Waals surface area contributed by atoms with E-state index in [0.29, 0.717) is 17.6 Å². The Bertz CT molecular complexity index is 789. The van der Waals surface area contributed by atoms with Gasteiger partial charge in [-0.15, -0.1) is 11.8 Å². The molecule has 1 aromatic heterocycles. The number of thioether (sulfide) groups is 1. The number of aromatic amines is 1. The average molecular weight is 399 g/mol. The van der Waals surface area contributed by atoms with Crippen LogP contribution in [-0.2, 0) is 11.2 Å². The lowest BCUT2D eigenvalue weighted by Gasteiger charge is -2.32. The van der Waals surface area contributed by atoms with Gasteiger partial charge in [-0.2, -0.15) is 5.10 Å². The first-order valence-electron chi connectivity index (χ1n) is 10.4. The number of nitrogens with one attached hydrogen (secondary N) is 2. The molecule has 0 atom stereocenters. The van der Waals surface area contributed by atoms with Crippen molar-refractivity contribution in [2.75, 3.05) is 18.0 Å². The molecular weight excluding hydrogens is 368 g/mol. The van der Waals surface area contributed by atoms with Crippen LogP contribution in [0.2, 0.25) is 0 Å². The summed E-state index contributed by atoms with van der Waals surface area (Å²) in [6.45, 7) is 6.27. The second-order valence-electron chi connectivity index (χ2n) is 8.27. The van der Waals surface area contributed by atoms with Crippen LogP contribution in [0.4, 0.5) is 5.82 Å². The summed E-state index contributed by atoms with van der Waals surface area (Å²) >= 11 is 1.85. The molecule has 0 bridgehead atoms. The Morgan fingerprint density at radius 1 is 1.21 bits per heavy atom. The van der Waals surface area contributed by atoms with E-state index >= 15 is 0 Å². The predicted molar refractivity (Wildman–Crippen MR) is 115 cm³/mol. The average Bonchev–Trinajstić information content (AvgIpc) is 3.41. The molecule has 2 heterocycles. The van der Waals surface area contributed by atoms with Crippen molar-refractivity contribution in [2.24, 2.45) is 0 Å². The van der Waals surface area contributed by atoms with E-state index in [1.54, 1.807) is 0 Å². The first kappa shape index (κ1) is 19.4. The number of amides is 1. The molecule has 150 valence electrons. The lowest BCUT2D eigenvalue weighted by Crippen LogP contribution is -2.45. The maximum Gasteiger partial charge on any atom is 0.224 e. The Balaban J connectivity index is 1.22. The highest BCUT2D eigenvalue weighted by atomic mass is 32.2. The number of hydrogen-bond donors (Lipinski definition) is 2. The smallest absolute Gasteiger partial charge is 0.224 e. The molecule has 28 heavy (non-hydrogen) atoms. The molecular formula is C22H30N4OS. The molecule has 0 radical (unpaired) electrons. The molecule has 0 unspecified atom stereocenters. The van der Waals surface area contributed by atoms with Gasteiger partial charge < -0.3 is 10.2 Å². The number of carbonyl (C=O) groups is 1. The van der Waals surface area contributed by atoms with Crippen molar-refractivity contribution in [2.45, 2.75) is 68.1 Å². The minimum absolute atomic E-state index is 0.124. The monoisotopic (exact) mass is 398 g/mol. The van der Waals surface area contributed by atoms with Crippen molar-refractivity contribution >= 4 is 23.5 Å². The molecule has 1 aromatic carbocycles. The summed E-state index contributed by atoms with van der Waals surface area (Å²) in [5.74, 6) is 1.89. The quantitative estimate of drug-likeness (QED) is 0.689. The van der Waals surface area contributed by atoms with Crippen molar-refractivity contribution in [3.05, 3.63) is 41.6 Å². The van der Waals surface area contributed by atoms with Crippen LogP contribution in [-0.4, -0.2) is 40.5 Å². The van der Waals surface area contributed by atoms with Crippen molar-refractivity contribution in [1.29, 1.82) is 0 Å². The number of benzene rings is 1. The van der Waals surface area contributed by atoms with Gasteiger partial charge in [0.2, 0.25) is 5.91 Å². The summed E-state index contributed by atoms with van der Waals surface area (Å²) in [6, 6.07) is 10.8. The molecule has 1 aliphatic heterocycles. The van der Waals surface area contributed by atoms with E-state index in [9.17, 15) is 4.79 Å². The highest BCUT2D eigenvalue weighted by Gasteiger charge is 2.27. The van der Waals surface area contributed by atoms with E-state index in [0.717, 1.165) is 37.3 Å². The van der Waals surface area contributed by atoms with Crippen molar-refractivity contribution in [1.82, 2.24) is 15.5 Å². The lowest BCUT2D eigenvalue weighted by molar-refractivity contribution is -0.121. The third-order valence-electron chi connectivity index (χ3n) is 5.45. The van der Waals surface area contributed by atoms with Gasteiger partial charge in [0, 0.05) is 47.0 Å². The van der Waals surface area contributed by atoms with E-state index in [4.69, 9.17) is 0 Å². The topological polar surface area (TPSA) is 61.0 Å². The van der Waals surface area contributed by atoms with Crippen LogP contribution in [0.3, 0.4) is 0 Å². The van der Waals surface area contributed by atoms with E-state index in [-0.39, 0.29) is 11.9 Å². The molecule has 4 rings (SSSR count). The maximum absolute atomic E-state index is 12.4. The summed E-state index contributed by atoms with van der Waals surface area (Å²) in [6.07, 6.45) is 4.98. The maximum atomic E-state index is 12.4. The fourth-order valence-electron chi connectivity index (χ4n) is 3.77. The Morgan fingerprint density at radius 3 is 2.57 bits per heavy atom. The summed E-state index contributed by atoms with van der Waals surface area (Å²) in [4.78, 5) is 16.0. The van der Waals surface area contributed by atoms with Crippen molar-refractivity contribution in [3.63, 3.8) is 0 Å². The molecule has 1 amide bonds. The Kier molecular flexibility index (Phi) is 5.95. The van der Waals surface area contributed by atoms with Gasteiger partial charge >= 0.3 is 0 Å². The summed E-state index contributed by atoms with van der Waals surface area (Å²) in [5, 5.41) is 11.5. The van der Waals surface area contributed by atoms with Gasteiger partial charge in [0.05, 0.1) is 6.42 Å². The molecule has 2 N–H and O–H groups in total. The van der Waals surface area contributed by atoms with E-state index in [1.807, 2.05) is 11.8 Å². The fraction of sp³-hybridized carbons (Fsp3) is 0.545. The van der Waals surface area contributed by atoms with Gasteiger partial charge in [0.15, 0.2) is 5.82 Å². The first-order chi connectivity index (χ1) is 13.6. The van der Waals surface area contributed by atoms with Crippen LogP contribution in [0.25, 0.3) is 0 Å². The lowest BCUT2D eigenvalue weighted by atomic mass is 10.0. The second-order valence-corrected chi connectivity index (χ2v) is 9.92. The van der Waals surface area contributed by atoms with Crippen LogP contribution in [0.1, 0.15) is 56.7 Å². The predicted octanol–water partition coefficient (Wildman–Crippen LogP) is 4.12. The summed E-state index contributed by atoms with van der Waals surface area (Å²) < 4.78 is 0. The van der Waals surface area contributed by atoms with Gasteiger partial charge in [-0.05, 0) is 43.4 Å². The molecule has 2 fully saturated rings. The molecule has 1 aliphatic carbocycles. The van der Waals surface area contributed by atoms with E-state index in [1.165, 1.54) is 23.4 Å². The van der Waals surface area contributed by atoms with Gasteiger partial charge in [-0.3, -0.25) is 9.89 Å². The highest BCUT2D eigenvalue weighted by Crippen LogP contribution is 2.40. The van der Waals surface area contributed by atoms with Crippen LogP contribution in [0.5, 0.6) is 0 Å². The van der Waals surface area contributed by atoms with Crippen LogP contribution in [0, 0.1) is 0 Å². The fourth-order valence-corrected chi connectivity index (χ4v) is 4.60. The molecule has 2 aliphatic rings. The van der Waals surface area contributed by atoms with Gasteiger partial charge in [0.1, 0.15) is 0 Å². The minimum atomic E-state index is 0.124. The largest absolute Gasteiger partial charge is 0.355 e. The van der Waals surface area contributed by atoms with Gasteiger partial charge in [-0.1, -0.05) is 26.0 Å². The normalized spacial score (nSPS) is 17.9. The number of hydrogen-bond acceptors (Lipinski definition) is 4. The Morgan fingerprint density at radius 2 is 1.93 bits per heavy atom. The van der Waals surface area contributed by atoms with E-state index in [2.05, 4.69) is 64.6 Å². The number of rotatable bonds is 7. The zero-order chi connectivity index (χ0) is 19.5. The number of H-pyrrole nitrogens is 1. The molecule has 0 spiro atoms. The van der Waals surface area contributed by atoms with E-state index < -0.39 is 0 Å². The number of anilines is 1. The molecule has 2 aromatic rings. The molecule has 6 heteroatoms. The number of carbonyl (C=O) groups excluding carboxylic acids is 1. The Hall–Kier alpha value is -1.95. The van der Waals surface area contributed by atoms with Crippen molar-refractivity contribution in [3.8, 4) is 0 Å². The standard InChI is InChI=1S/C22H30N4OS/c1-15(2)28-19-7-3-16(4-8-19)13-22(27)23-18-9-11-26(12-10-18)21-14-20(24-25-21)17-5-6-17/h3-4,7-8,14-15,17-18H,5-6,9-13H2,1-2H3,(H,23,27)(H,24,25). The Labute approximate surface area is 171 Å². The summed E-state index contributed by atoms with van der Waals surface area (Å²) in [5.41, 5.74) is 2.36. The number of nitrogens with zero attached hydrogens (tertiary/aromatic N) is 2. The number of piperidine rings is 1. The van der Waals surface area contributed by atoms with Gasteiger partial charge in [-0.25, -0.2) is 0 Å².